The number of aryl methyl sites for hydroxylation is 1. The number of aliphatic hydroxyl groups is 1. The van der Waals surface area contributed by atoms with Gasteiger partial charge in [0.25, 0.3) is 0 Å². The summed E-state index contributed by atoms with van der Waals surface area (Å²) in [5, 5.41) is 9.56. The van der Waals surface area contributed by atoms with E-state index >= 15 is 0 Å². The quantitative estimate of drug-likeness (QED) is 0.855. The Morgan fingerprint density at radius 2 is 2.26 bits per heavy atom. The Labute approximate surface area is 116 Å². The van der Waals surface area contributed by atoms with E-state index in [-0.39, 0.29) is 24.7 Å². The maximum Gasteiger partial charge on any atom is 0.0587 e. The monoisotopic (exact) mass is 262 g/mol. The molecule has 106 valence electrons. The largest absolute Gasteiger partial charge is 0.395 e. The molecule has 0 radical (unpaired) electrons. The molecule has 0 aliphatic carbocycles. The maximum absolute atomic E-state index is 9.56. The highest BCUT2D eigenvalue weighted by atomic mass is 16.3. The Bertz CT molecular complexity index is 407. The SMILES string of the molecule is CCC(N)C(c1cccc(C)c1)N1CCCC1CO. The number of aliphatic hydroxyl groups excluding tert-OH is 1. The summed E-state index contributed by atoms with van der Waals surface area (Å²) in [5.41, 5.74) is 8.93. The smallest absolute Gasteiger partial charge is 0.0587 e. The lowest BCUT2D eigenvalue weighted by atomic mass is 9.94. The van der Waals surface area contributed by atoms with Crippen molar-refractivity contribution in [2.24, 2.45) is 5.73 Å². The summed E-state index contributed by atoms with van der Waals surface area (Å²) < 4.78 is 0. The van der Waals surface area contributed by atoms with E-state index in [0.29, 0.717) is 0 Å². The van der Waals surface area contributed by atoms with Gasteiger partial charge < -0.3 is 10.8 Å². The molecule has 1 saturated heterocycles. The first-order valence-corrected chi connectivity index (χ1v) is 7.36. The fraction of sp³-hybridized carbons (Fsp3) is 0.625. The summed E-state index contributed by atoms with van der Waals surface area (Å²) in [7, 11) is 0. The van der Waals surface area contributed by atoms with Crippen molar-refractivity contribution in [1.29, 1.82) is 0 Å². The highest BCUT2D eigenvalue weighted by Crippen LogP contribution is 2.32. The fourth-order valence-corrected chi connectivity index (χ4v) is 3.18. The number of benzene rings is 1. The summed E-state index contributed by atoms with van der Waals surface area (Å²) in [6.07, 6.45) is 3.19. The molecular formula is C16H26N2O. The Kier molecular flexibility index (Phi) is 4.97. The lowest BCUT2D eigenvalue weighted by molar-refractivity contribution is 0.104. The third kappa shape index (κ3) is 3.16. The molecule has 0 spiro atoms. The molecule has 1 aliphatic rings. The predicted molar refractivity (Wildman–Crippen MR) is 79.0 cm³/mol. The minimum absolute atomic E-state index is 0.119. The van der Waals surface area contributed by atoms with Gasteiger partial charge in [0.05, 0.1) is 12.6 Å². The van der Waals surface area contributed by atoms with Crippen molar-refractivity contribution in [3.8, 4) is 0 Å². The van der Waals surface area contributed by atoms with Crippen LogP contribution in [0.2, 0.25) is 0 Å². The summed E-state index contributed by atoms with van der Waals surface area (Å²) in [5.74, 6) is 0. The normalized spacial score (nSPS) is 23.5. The van der Waals surface area contributed by atoms with Crippen LogP contribution in [0, 0.1) is 6.92 Å². The lowest BCUT2D eigenvalue weighted by Gasteiger charge is -2.36. The van der Waals surface area contributed by atoms with Crippen LogP contribution >= 0.6 is 0 Å². The van der Waals surface area contributed by atoms with Crippen molar-refractivity contribution >= 4 is 0 Å². The third-order valence-electron chi connectivity index (χ3n) is 4.25. The van der Waals surface area contributed by atoms with E-state index in [1.165, 1.54) is 11.1 Å². The summed E-state index contributed by atoms with van der Waals surface area (Å²) in [6.45, 7) is 5.53. The van der Waals surface area contributed by atoms with Crippen molar-refractivity contribution in [3.05, 3.63) is 35.4 Å². The second kappa shape index (κ2) is 6.51. The Balaban J connectivity index is 2.30. The Hall–Kier alpha value is -0.900. The van der Waals surface area contributed by atoms with Crippen molar-refractivity contribution in [3.63, 3.8) is 0 Å². The van der Waals surface area contributed by atoms with Crippen molar-refractivity contribution in [2.75, 3.05) is 13.2 Å². The first-order chi connectivity index (χ1) is 9.17. The van der Waals surface area contributed by atoms with Gasteiger partial charge in [-0.25, -0.2) is 0 Å². The molecule has 0 aromatic heterocycles. The maximum atomic E-state index is 9.56. The molecule has 3 nitrogen and oxygen atoms in total. The van der Waals surface area contributed by atoms with Gasteiger partial charge in [-0.3, -0.25) is 4.90 Å². The Morgan fingerprint density at radius 1 is 1.47 bits per heavy atom. The second-order valence-corrected chi connectivity index (χ2v) is 5.65. The zero-order valence-corrected chi connectivity index (χ0v) is 12.0. The van der Waals surface area contributed by atoms with E-state index in [2.05, 4.69) is 43.0 Å². The summed E-state index contributed by atoms with van der Waals surface area (Å²) in [6, 6.07) is 9.23. The van der Waals surface area contributed by atoms with Gasteiger partial charge in [-0.15, -0.1) is 0 Å². The van der Waals surface area contributed by atoms with Crippen molar-refractivity contribution < 1.29 is 5.11 Å². The average molecular weight is 262 g/mol. The van der Waals surface area contributed by atoms with Gasteiger partial charge in [0.15, 0.2) is 0 Å². The van der Waals surface area contributed by atoms with Gasteiger partial charge in [-0.2, -0.15) is 0 Å². The van der Waals surface area contributed by atoms with Crippen LogP contribution in [-0.2, 0) is 0 Å². The minimum atomic E-state index is 0.119. The molecule has 1 aliphatic heterocycles. The fourth-order valence-electron chi connectivity index (χ4n) is 3.18. The van der Waals surface area contributed by atoms with E-state index < -0.39 is 0 Å². The van der Waals surface area contributed by atoms with Crippen LogP contribution in [0.4, 0.5) is 0 Å². The molecule has 19 heavy (non-hydrogen) atoms. The van der Waals surface area contributed by atoms with Crippen LogP contribution in [0.1, 0.15) is 43.4 Å². The number of nitrogens with two attached hydrogens (primary N) is 1. The van der Waals surface area contributed by atoms with E-state index in [0.717, 1.165) is 25.8 Å². The molecule has 1 aromatic rings. The molecule has 3 atom stereocenters. The molecule has 2 rings (SSSR count). The molecule has 0 amide bonds. The van der Waals surface area contributed by atoms with Crippen molar-refractivity contribution in [2.45, 2.75) is 51.2 Å². The first kappa shape index (κ1) is 14.5. The molecule has 3 unspecified atom stereocenters. The van der Waals surface area contributed by atoms with Gasteiger partial charge >= 0.3 is 0 Å². The van der Waals surface area contributed by atoms with Crippen molar-refractivity contribution in [1.82, 2.24) is 4.90 Å². The number of likely N-dealkylation sites (tertiary alicyclic amines) is 1. The predicted octanol–water partition coefficient (Wildman–Crippen LogP) is 2.23. The van der Waals surface area contributed by atoms with Crippen LogP contribution in [0.15, 0.2) is 24.3 Å². The number of hydrogen-bond acceptors (Lipinski definition) is 3. The number of nitrogens with zero attached hydrogens (tertiary/aromatic N) is 1. The van der Waals surface area contributed by atoms with Gasteiger partial charge in [-0.1, -0.05) is 36.8 Å². The van der Waals surface area contributed by atoms with E-state index in [4.69, 9.17) is 5.73 Å². The van der Waals surface area contributed by atoms with Crippen LogP contribution < -0.4 is 5.73 Å². The van der Waals surface area contributed by atoms with Crippen LogP contribution in [-0.4, -0.2) is 35.2 Å². The highest BCUT2D eigenvalue weighted by Gasteiger charge is 2.33. The number of hydrogen-bond donors (Lipinski definition) is 2. The summed E-state index contributed by atoms with van der Waals surface area (Å²) >= 11 is 0. The molecule has 1 fully saturated rings. The average Bonchev–Trinajstić information content (AvgIpc) is 2.87. The molecular weight excluding hydrogens is 236 g/mol. The van der Waals surface area contributed by atoms with E-state index in [1.807, 2.05) is 0 Å². The number of rotatable bonds is 5. The van der Waals surface area contributed by atoms with Gasteiger partial charge in [-0.05, 0) is 38.3 Å². The van der Waals surface area contributed by atoms with Crippen LogP contribution in [0.3, 0.4) is 0 Å². The first-order valence-electron chi connectivity index (χ1n) is 7.36. The van der Waals surface area contributed by atoms with E-state index in [1.54, 1.807) is 0 Å². The van der Waals surface area contributed by atoms with Gasteiger partial charge in [0.1, 0.15) is 0 Å². The van der Waals surface area contributed by atoms with Crippen LogP contribution in [0.25, 0.3) is 0 Å². The zero-order valence-electron chi connectivity index (χ0n) is 12.0. The van der Waals surface area contributed by atoms with Crippen LogP contribution in [0.5, 0.6) is 0 Å². The van der Waals surface area contributed by atoms with Gasteiger partial charge in [0, 0.05) is 12.1 Å². The standard InChI is InChI=1S/C16H26N2O/c1-3-15(17)16(13-7-4-6-12(2)10-13)18-9-5-8-14(18)11-19/h4,6-7,10,14-16,19H,3,5,8-9,11,17H2,1-2H3. The summed E-state index contributed by atoms with van der Waals surface area (Å²) in [4.78, 5) is 2.41. The lowest BCUT2D eigenvalue weighted by Crippen LogP contribution is -2.44. The topological polar surface area (TPSA) is 49.5 Å². The molecule has 0 saturated carbocycles. The second-order valence-electron chi connectivity index (χ2n) is 5.65. The molecule has 1 aromatic carbocycles. The molecule has 1 heterocycles. The zero-order chi connectivity index (χ0) is 13.8. The molecule has 0 bridgehead atoms. The molecule has 3 N–H and O–H groups in total. The highest BCUT2D eigenvalue weighted by molar-refractivity contribution is 5.26. The molecule has 3 heteroatoms. The minimum Gasteiger partial charge on any atom is -0.395 e. The van der Waals surface area contributed by atoms with E-state index in [9.17, 15) is 5.11 Å². The third-order valence-corrected chi connectivity index (χ3v) is 4.25. The Morgan fingerprint density at radius 3 is 2.89 bits per heavy atom. The van der Waals surface area contributed by atoms with Gasteiger partial charge in [0.2, 0.25) is 0 Å².